The first-order chi connectivity index (χ1) is 6.87. The van der Waals surface area contributed by atoms with Crippen LogP contribution in [0.15, 0.2) is 54.8 Å². The maximum Gasteiger partial charge on any atom is 0.143 e. The summed E-state index contributed by atoms with van der Waals surface area (Å²) in [5, 5.41) is 3.20. The standard InChI is InChI=1S/C13H11N/c1-2-13(10-6-7-11-14-13)12-8-4-3-5-9-12/h1,3-11,14H. The van der Waals surface area contributed by atoms with Gasteiger partial charge in [-0.25, -0.2) is 0 Å². The summed E-state index contributed by atoms with van der Waals surface area (Å²) in [5.41, 5.74) is 0.610. The molecule has 1 aliphatic rings. The van der Waals surface area contributed by atoms with Crippen molar-refractivity contribution in [2.24, 2.45) is 0 Å². The van der Waals surface area contributed by atoms with E-state index < -0.39 is 5.54 Å². The van der Waals surface area contributed by atoms with Gasteiger partial charge >= 0.3 is 0 Å². The molecule has 0 saturated carbocycles. The number of hydrogen-bond acceptors (Lipinski definition) is 1. The van der Waals surface area contributed by atoms with Crippen molar-refractivity contribution < 1.29 is 0 Å². The topological polar surface area (TPSA) is 12.0 Å². The molecule has 2 rings (SSSR count). The van der Waals surface area contributed by atoms with Crippen LogP contribution in [0, 0.1) is 12.3 Å². The van der Waals surface area contributed by atoms with E-state index in [1.165, 1.54) is 0 Å². The molecule has 0 bridgehead atoms. The highest BCUT2D eigenvalue weighted by Crippen LogP contribution is 2.23. The Morgan fingerprint density at radius 2 is 1.93 bits per heavy atom. The maximum absolute atomic E-state index is 5.57. The van der Waals surface area contributed by atoms with Gasteiger partial charge in [0.05, 0.1) is 0 Å². The molecule has 1 aromatic rings. The quantitative estimate of drug-likeness (QED) is 0.655. The van der Waals surface area contributed by atoms with Gasteiger partial charge in [-0.1, -0.05) is 42.3 Å². The summed E-state index contributed by atoms with van der Waals surface area (Å²) in [5.74, 6) is 2.78. The Kier molecular flexibility index (Phi) is 2.12. The lowest BCUT2D eigenvalue weighted by atomic mass is 9.89. The lowest BCUT2D eigenvalue weighted by Crippen LogP contribution is -2.36. The van der Waals surface area contributed by atoms with Crippen molar-refractivity contribution in [2.45, 2.75) is 5.54 Å². The van der Waals surface area contributed by atoms with Crippen molar-refractivity contribution in [3.05, 3.63) is 60.3 Å². The number of nitrogens with one attached hydrogen (secondary N) is 1. The minimum atomic E-state index is -0.476. The first kappa shape index (κ1) is 8.65. The third kappa shape index (κ3) is 1.31. The summed E-state index contributed by atoms with van der Waals surface area (Å²) in [6.45, 7) is 0. The second-order valence-electron chi connectivity index (χ2n) is 3.18. The fourth-order valence-electron chi connectivity index (χ4n) is 1.54. The lowest BCUT2D eigenvalue weighted by Gasteiger charge is -2.27. The van der Waals surface area contributed by atoms with Crippen molar-refractivity contribution in [3.63, 3.8) is 0 Å². The normalized spacial score (nSPS) is 23.9. The monoisotopic (exact) mass is 181 g/mol. The van der Waals surface area contributed by atoms with E-state index in [1.54, 1.807) is 0 Å². The van der Waals surface area contributed by atoms with E-state index in [0.717, 1.165) is 5.56 Å². The van der Waals surface area contributed by atoms with Crippen molar-refractivity contribution >= 4 is 0 Å². The SMILES string of the molecule is C#CC1(c2ccccc2)C=CC=CN1. The summed E-state index contributed by atoms with van der Waals surface area (Å²) in [6, 6.07) is 10.0. The summed E-state index contributed by atoms with van der Waals surface area (Å²) >= 11 is 0. The molecular formula is C13H11N. The van der Waals surface area contributed by atoms with Gasteiger partial charge in [0.1, 0.15) is 5.54 Å². The van der Waals surface area contributed by atoms with Crippen LogP contribution in [-0.2, 0) is 5.54 Å². The Morgan fingerprint density at radius 3 is 2.50 bits per heavy atom. The largest absolute Gasteiger partial charge is 0.368 e. The number of hydrogen-bond donors (Lipinski definition) is 1. The Hall–Kier alpha value is -1.94. The van der Waals surface area contributed by atoms with Crippen LogP contribution in [0.25, 0.3) is 0 Å². The van der Waals surface area contributed by atoms with Crippen molar-refractivity contribution in [1.82, 2.24) is 5.32 Å². The average Bonchev–Trinajstić information content (AvgIpc) is 2.31. The molecule has 1 aromatic carbocycles. The van der Waals surface area contributed by atoms with Gasteiger partial charge in [-0.15, -0.1) is 6.42 Å². The molecule has 1 atom stereocenters. The summed E-state index contributed by atoms with van der Waals surface area (Å²) in [6.07, 6.45) is 13.3. The van der Waals surface area contributed by atoms with E-state index >= 15 is 0 Å². The van der Waals surface area contributed by atoms with Crippen LogP contribution in [-0.4, -0.2) is 0 Å². The van der Waals surface area contributed by atoms with Gasteiger partial charge in [0.2, 0.25) is 0 Å². The third-order valence-corrected chi connectivity index (χ3v) is 2.32. The number of dihydropyridines is 1. The fraction of sp³-hybridized carbons (Fsp3) is 0.0769. The van der Waals surface area contributed by atoms with Crippen LogP contribution in [0.5, 0.6) is 0 Å². The van der Waals surface area contributed by atoms with E-state index in [1.807, 2.05) is 54.8 Å². The Labute approximate surface area is 84.2 Å². The molecule has 0 aromatic heterocycles. The maximum atomic E-state index is 5.57. The van der Waals surface area contributed by atoms with Gasteiger partial charge in [0, 0.05) is 0 Å². The van der Waals surface area contributed by atoms with Crippen LogP contribution < -0.4 is 5.32 Å². The molecule has 1 heterocycles. The molecule has 1 unspecified atom stereocenters. The highest BCUT2D eigenvalue weighted by molar-refractivity contribution is 5.42. The van der Waals surface area contributed by atoms with Gasteiger partial charge in [0.25, 0.3) is 0 Å². The minimum absolute atomic E-state index is 0.476. The lowest BCUT2D eigenvalue weighted by molar-refractivity contribution is 0.613. The Bertz CT molecular complexity index is 409. The van der Waals surface area contributed by atoms with Crippen LogP contribution in [0.2, 0.25) is 0 Å². The predicted molar refractivity (Wildman–Crippen MR) is 58.4 cm³/mol. The van der Waals surface area contributed by atoms with Gasteiger partial charge in [0.15, 0.2) is 0 Å². The summed E-state index contributed by atoms with van der Waals surface area (Å²) in [7, 11) is 0. The van der Waals surface area contributed by atoms with Gasteiger partial charge in [-0.3, -0.25) is 0 Å². The molecule has 0 radical (unpaired) electrons. The second-order valence-corrected chi connectivity index (χ2v) is 3.18. The zero-order chi connectivity index (χ0) is 9.86. The van der Waals surface area contributed by atoms with Crippen molar-refractivity contribution in [1.29, 1.82) is 0 Å². The molecule has 0 aliphatic carbocycles. The fourth-order valence-corrected chi connectivity index (χ4v) is 1.54. The summed E-state index contributed by atoms with van der Waals surface area (Å²) < 4.78 is 0. The van der Waals surface area contributed by atoms with Crippen LogP contribution in [0.4, 0.5) is 0 Å². The molecule has 14 heavy (non-hydrogen) atoms. The zero-order valence-corrected chi connectivity index (χ0v) is 7.77. The summed E-state index contributed by atoms with van der Waals surface area (Å²) in [4.78, 5) is 0. The molecule has 0 saturated heterocycles. The molecule has 0 amide bonds. The first-order valence-electron chi connectivity index (χ1n) is 4.53. The number of allylic oxidation sites excluding steroid dienone is 2. The average molecular weight is 181 g/mol. The molecule has 68 valence electrons. The first-order valence-corrected chi connectivity index (χ1v) is 4.53. The van der Waals surface area contributed by atoms with E-state index in [0.29, 0.717) is 0 Å². The minimum Gasteiger partial charge on any atom is -0.368 e. The van der Waals surface area contributed by atoms with Crippen LogP contribution in [0.3, 0.4) is 0 Å². The van der Waals surface area contributed by atoms with E-state index in [4.69, 9.17) is 6.42 Å². The molecule has 1 N–H and O–H groups in total. The molecule has 1 heteroatoms. The van der Waals surface area contributed by atoms with E-state index in [2.05, 4.69) is 11.2 Å². The van der Waals surface area contributed by atoms with Crippen LogP contribution >= 0.6 is 0 Å². The zero-order valence-electron chi connectivity index (χ0n) is 7.77. The van der Waals surface area contributed by atoms with Gasteiger partial charge in [-0.2, -0.15) is 0 Å². The predicted octanol–water partition coefficient (Wildman–Crippen LogP) is 2.19. The molecule has 1 aliphatic heterocycles. The molecule has 1 nitrogen and oxygen atoms in total. The highest BCUT2D eigenvalue weighted by atomic mass is 14.9. The molecule has 0 spiro atoms. The van der Waals surface area contributed by atoms with Crippen molar-refractivity contribution in [3.8, 4) is 12.3 Å². The Balaban J connectivity index is 2.45. The van der Waals surface area contributed by atoms with Crippen LogP contribution in [0.1, 0.15) is 5.56 Å². The Morgan fingerprint density at radius 1 is 1.14 bits per heavy atom. The van der Waals surface area contributed by atoms with E-state index in [-0.39, 0.29) is 0 Å². The van der Waals surface area contributed by atoms with E-state index in [9.17, 15) is 0 Å². The van der Waals surface area contributed by atoms with Gasteiger partial charge in [-0.05, 0) is 23.9 Å². The second kappa shape index (κ2) is 3.43. The third-order valence-electron chi connectivity index (χ3n) is 2.32. The number of terminal acetylenes is 1. The van der Waals surface area contributed by atoms with Gasteiger partial charge < -0.3 is 5.32 Å². The molecule has 0 fully saturated rings. The molecular weight excluding hydrogens is 170 g/mol. The number of benzene rings is 1. The number of rotatable bonds is 1. The smallest absolute Gasteiger partial charge is 0.143 e. The van der Waals surface area contributed by atoms with Crippen molar-refractivity contribution in [2.75, 3.05) is 0 Å². The highest BCUT2D eigenvalue weighted by Gasteiger charge is 2.25.